The van der Waals surface area contributed by atoms with Crippen molar-refractivity contribution < 1.29 is 13.2 Å². The van der Waals surface area contributed by atoms with Gasteiger partial charge in [0.25, 0.3) is 0 Å². The van der Waals surface area contributed by atoms with E-state index in [1.807, 2.05) is 42.5 Å². The molecule has 0 saturated carbocycles. The highest BCUT2D eigenvalue weighted by atomic mass is 32.2. The van der Waals surface area contributed by atoms with Gasteiger partial charge < -0.3 is 9.64 Å². The average molecular weight is 477 g/mol. The summed E-state index contributed by atoms with van der Waals surface area (Å²) in [6.07, 6.45) is 0. The monoisotopic (exact) mass is 476 g/mol. The summed E-state index contributed by atoms with van der Waals surface area (Å²) >= 11 is 0. The summed E-state index contributed by atoms with van der Waals surface area (Å²) in [5, 5.41) is 9.12. The second-order valence-corrected chi connectivity index (χ2v) is 10.1. The number of nitrogens with zero attached hydrogens (tertiary/aromatic N) is 3. The zero-order valence-corrected chi connectivity index (χ0v) is 19.9. The van der Waals surface area contributed by atoms with Gasteiger partial charge in [-0.05, 0) is 61.1 Å². The number of benzene rings is 3. The zero-order valence-electron chi connectivity index (χ0n) is 19.1. The quantitative estimate of drug-likeness (QED) is 0.535. The lowest BCUT2D eigenvalue weighted by Gasteiger charge is -2.38. The summed E-state index contributed by atoms with van der Waals surface area (Å²) in [5.74, 6) is 1.26. The van der Waals surface area contributed by atoms with Crippen molar-refractivity contribution in [2.24, 2.45) is 0 Å². The molecular formula is C26H28N4O3S. The van der Waals surface area contributed by atoms with E-state index in [-0.39, 0.29) is 17.5 Å². The van der Waals surface area contributed by atoms with Crippen molar-refractivity contribution in [3.63, 3.8) is 0 Å². The van der Waals surface area contributed by atoms with Crippen LogP contribution in [-0.2, 0) is 10.0 Å². The van der Waals surface area contributed by atoms with E-state index in [0.717, 1.165) is 31.7 Å². The molecule has 1 fully saturated rings. The van der Waals surface area contributed by atoms with Crippen LogP contribution >= 0.6 is 0 Å². The van der Waals surface area contributed by atoms with Crippen LogP contribution in [0.15, 0.2) is 83.8 Å². The van der Waals surface area contributed by atoms with E-state index in [9.17, 15) is 8.42 Å². The summed E-state index contributed by atoms with van der Waals surface area (Å²) in [6.45, 7) is 3.76. The smallest absolute Gasteiger partial charge is 0.240 e. The molecule has 0 amide bonds. The number of rotatable bonds is 8. The number of hydrogen-bond acceptors (Lipinski definition) is 6. The van der Waals surface area contributed by atoms with E-state index < -0.39 is 10.0 Å². The van der Waals surface area contributed by atoms with E-state index in [1.165, 1.54) is 0 Å². The lowest BCUT2D eigenvalue weighted by Crippen LogP contribution is -2.48. The van der Waals surface area contributed by atoms with Crippen LogP contribution in [0.25, 0.3) is 0 Å². The van der Waals surface area contributed by atoms with Crippen molar-refractivity contribution in [2.75, 3.05) is 39.8 Å². The minimum absolute atomic E-state index is 0.128. The van der Waals surface area contributed by atoms with Crippen LogP contribution < -0.4 is 9.46 Å². The molecule has 3 aromatic rings. The predicted octanol–water partition coefficient (Wildman–Crippen LogP) is 3.62. The van der Waals surface area contributed by atoms with Gasteiger partial charge in [0.15, 0.2) is 0 Å². The minimum atomic E-state index is -3.71. The van der Waals surface area contributed by atoms with Crippen LogP contribution in [0.1, 0.15) is 17.2 Å². The Morgan fingerprint density at radius 3 is 2.15 bits per heavy atom. The van der Waals surface area contributed by atoms with E-state index in [4.69, 9.17) is 10.00 Å². The fourth-order valence-corrected chi connectivity index (χ4v) is 4.99. The third-order valence-corrected chi connectivity index (χ3v) is 7.42. The highest BCUT2D eigenvalue weighted by Gasteiger charge is 2.26. The Balaban J connectivity index is 1.47. The van der Waals surface area contributed by atoms with Gasteiger partial charge in [0.1, 0.15) is 11.5 Å². The number of hydrogen-bond donors (Lipinski definition) is 1. The molecule has 1 aliphatic rings. The first-order chi connectivity index (χ1) is 16.4. The van der Waals surface area contributed by atoms with Gasteiger partial charge in [0, 0.05) is 38.8 Å². The standard InChI is InChI=1S/C26H28N4O3S/c1-29-15-17-30(18-16-29)26(22-9-7-21(19-27)8-10-22)20-28-34(31,32)25-13-11-24(12-14-25)33-23-5-3-2-4-6-23/h2-14,26,28H,15-18,20H2,1H3. The van der Waals surface area contributed by atoms with Crippen LogP contribution in [-0.4, -0.2) is 58.0 Å². The maximum Gasteiger partial charge on any atom is 0.240 e. The first-order valence-electron chi connectivity index (χ1n) is 11.2. The Bertz CT molecular complexity index is 1220. The Hall–Kier alpha value is -3.22. The summed E-state index contributed by atoms with van der Waals surface area (Å²) in [5.41, 5.74) is 1.57. The highest BCUT2D eigenvalue weighted by Crippen LogP contribution is 2.25. The SMILES string of the molecule is CN1CCN(C(CNS(=O)(=O)c2ccc(Oc3ccccc3)cc2)c2ccc(C#N)cc2)CC1. The first kappa shape index (κ1) is 23.9. The molecule has 0 spiro atoms. The summed E-state index contributed by atoms with van der Waals surface area (Å²) in [7, 11) is -1.62. The van der Waals surface area contributed by atoms with E-state index in [1.54, 1.807) is 36.4 Å². The Labute approximate surface area is 201 Å². The van der Waals surface area contributed by atoms with Gasteiger partial charge in [-0.1, -0.05) is 30.3 Å². The number of ether oxygens (including phenoxy) is 1. The molecule has 1 aliphatic heterocycles. The van der Waals surface area contributed by atoms with Gasteiger partial charge >= 0.3 is 0 Å². The van der Waals surface area contributed by atoms with E-state index >= 15 is 0 Å². The minimum Gasteiger partial charge on any atom is -0.457 e. The molecule has 1 saturated heterocycles. The molecule has 8 heteroatoms. The van der Waals surface area contributed by atoms with Crippen molar-refractivity contribution in [1.29, 1.82) is 5.26 Å². The predicted molar refractivity (Wildman–Crippen MR) is 131 cm³/mol. The van der Waals surface area contributed by atoms with Gasteiger partial charge in [-0.15, -0.1) is 0 Å². The normalized spacial score (nSPS) is 16.0. The molecule has 0 aromatic heterocycles. The second kappa shape index (κ2) is 10.8. The molecule has 0 aliphatic carbocycles. The average Bonchev–Trinajstić information content (AvgIpc) is 2.86. The number of sulfonamides is 1. The Morgan fingerprint density at radius 2 is 1.53 bits per heavy atom. The maximum absolute atomic E-state index is 13.1. The number of nitrogens with one attached hydrogen (secondary N) is 1. The van der Waals surface area contributed by atoms with Crippen LogP contribution in [0.3, 0.4) is 0 Å². The largest absolute Gasteiger partial charge is 0.457 e. The van der Waals surface area contributed by atoms with Crippen LogP contribution in [0.5, 0.6) is 11.5 Å². The third kappa shape index (κ3) is 6.01. The van der Waals surface area contributed by atoms with Gasteiger partial charge in [-0.25, -0.2) is 13.1 Å². The van der Waals surface area contributed by atoms with Crippen LogP contribution in [0.4, 0.5) is 0 Å². The molecule has 176 valence electrons. The topological polar surface area (TPSA) is 85.7 Å². The van der Waals surface area contributed by atoms with Gasteiger partial charge in [0.05, 0.1) is 16.5 Å². The van der Waals surface area contributed by atoms with E-state index in [2.05, 4.69) is 27.6 Å². The van der Waals surface area contributed by atoms with Crippen LogP contribution in [0.2, 0.25) is 0 Å². The molecule has 1 unspecified atom stereocenters. The molecule has 1 heterocycles. The number of nitriles is 1. The van der Waals surface area contributed by atoms with Crippen molar-refractivity contribution in [1.82, 2.24) is 14.5 Å². The third-order valence-electron chi connectivity index (χ3n) is 5.98. The maximum atomic E-state index is 13.1. The zero-order chi connectivity index (χ0) is 24.0. The first-order valence-corrected chi connectivity index (χ1v) is 12.7. The Kier molecular flexibility index (Phi) is 7.60. The van der Waals surface area contributed by atoms with Gasteiger partial charge in [-0.2, -0.15) is 5.26 Å². The Morgan fingerprint density at radius 1 is 0.912 bits per heavy atom. The molecule has 34 heavy (non-hydrogen) atoms. The van der Waals surface area contributed by atoms with Crippen molar-refractivity contribution in [2.45, 2.75) is 10.9 Å². The molecule has 0 radical (unpaired) electrons. The number of piperazine rings is 1. The summed E-state index contributed by atoms with van der Waals surface area (Å²) in [4.78, 5) is 4.74. The van der Waals surface area contributed by atoms with Crippen LogP contribution in [0, 0.1) is 11.3 Å². The number of likely N-dealkylation sites (N-methyl/N-ethyl adjacent to an activating group) is 1. The summed E-state index contributed by atoms with van der Waals surface area (Å²) < 4.78 is 34.7. The van der Waals surface area contributed by atoms with Crippen molar-refractivity contribution >= 4 is 10.0 Å². The molecule has 3 aromatic carbocycles. The van der Waals surface area contributed by atoms with Gasteiger partial charge in [-0.3, -0.25) is 4.90 Å². The number of para-hydroxylation sites is 1. The van der Waals surface area contributed by atoms with Gasteiger partial charge in [0.2, 0.25) is 10.0 Å². The van der Waals surface area contributed by atoms with Crippen molar-refractivity contribution in [3.8, 4) is 17.6 Å². The molecular weight excluding hydrogens is 448 g/mol. The lowest BCUT2D eigenvalue weighted by atomic mass is 10.0. The lowest BCUT2D eigenvalue weighted by molar-refractivity contribution is 0.113. The van der Waals surface area contributed by atoms with E-state index in [0.29, 0.717) is 17.1 Å². The molecule has 0 bridgehead atoms. The molecule has 1 N–H and O–H groups in total. The fourth-order valence-electron chi connectivity index (χ4n) is 3.95. The molecule has 7 nitrogen and oxygen atoms in total. The molecule has 1 atom stereocenters. The fraction of sp³-hybridized carbons (Fsp3) is 0.269. The molecule has 4 rings (SSSR count). The second-order valence-electron chi connectivity index (χ2n) is 8.33. The highest BCUT2D eigenvalue weighted by molar-refractivity contribution is 7.89. The summed E-state index contributed by atoms with van der Waals surface area (Å²) in [6, 6.07) is 25.1. The van der Waals surface area contributed by atoms with Crippen molar-refractivity contribution in [3.05, 3.63) is 90.0 Å².